The molecular formula is C24H32O3. The summed E-state index contributed by atoms with van der Waals surface area (Å²) in [6.07, 6.45) is 0.921. The van der Waals surface area contributed by atoms with E-state index in [-0.39, 0.29) is 16.8 Å². The predicted molar refractivity (Wildman–Crippen MR) is 110 cm³/mol. The van der Waals surface area contributed by atoms with Gasteiger partial charge in [-0.2, -0.15) is 0 Å². The Bertz CT molecular complexity index is 743. The normalized spacial score (nSPS) is 12.1. The van der Waals surface area contributed by atoms with Gasteiger partial charge in [-0.05, 0) is 39.5 Å². The zero-order valence-corrected chi connectivity index (χ0v) is 17.4. The van der Waals surface area contributed by atoms with Crippen molar-refractivity contribution in [3.05, 3.63) is 64.7 Å². The van der Waals surface area contributed by atoms with E-state index < -0.39 is 0 Å². The summed E-state index contributed by atoms with van der Waals surface area (Å²) in [6.45, 7) is 12.8. The molecule has 2 rings (SSSR count). The monoisotopic (exact) mass is 368 g/mol. The fraction of sp³-hybridized carbons (Fsp3) is 0.458. The maximum Gasteiger partial charge on any atom is 0.306 e. The van der Waals surface area contributed by atoms with Crippen LogP contribution in [0, 0.1) is 0 Å². The van der Waals surface area contributed by atoms with Crippen molar-refractivity contribution in [1.82, 2.24) is 0 Å². The number of rotatable bonds is 5. The van der Waals surface area contributed by atoms with Gasteiger partial charge in [0.15, 0.2) is 0 Å². The highest BCUT2D eigenvalue weighted by molar-refractivity contribution is 5.69. The number of esters is 1. The minimum Gasteiger partial charge on any atom is -0.507 e. The summed E-state index contributed by atoms with van der Waals surface area (Å²) in [6, 6.07) is 13.7. The van der Waals surface area contributed by atoms with Gasteiger partial charge in [0.25, 0.3) is 0 Å². The van der Waals surface area contributed by atoms with Crippen molar-refractivity contribution < 1.29 is 14.6 Å². The van der Waals surface area contributed by atoms with E-state index in [1.54, 1.807) is 0 Å². The van der Waals surface area contributed by atoms with Gasteiger partial charge < -0.3 is 9.84 Å². The summed E-state index contributed by atoms with van der Waals surface area (Å²) < 4.78 is 5.38. The maximum absolute atomic E-state index is 12.1. The fourth-order valence-electron chi connectivity index (χ4n) is 3.04. The second kappa shape index (κ2) is 8.16. The molecule has 3 heteroatoms. The summed E-state index contributed by atoms with van der Waals surface area (Å²) in [7, 11) is 0. The molecule has 0 heterocycles. The first-order valence-electron chi connectivity index (χ1n) is 9.55. The van der Waals surface area contributed by atoms with Gasteiger partial charge in [0.1, 0.15) is 12.4 Å². The average molecular weight is 369 g/mol. The van der Waals surface area contributed by atoms with Crippen LogP contribution in [0.15, 0.2) is 42.5 Å². The average Bonchev–Trinajstić information content (AvgIpc) is 2.58. The Kier molecular flexibility index (Phi) is 6.35. The van der Waals surface area contributed by atoms with Gasteiger partial charge in [-0.25, -0.2) is 0 Å². The Morgan fingerprint density at radius 3 is 1.89 bits per heavy atom. The Morgan fingerprint density at radius 1 is 0.889 bits per heavy atom. The third-order valence-corrected chi connectivity index (χ3v) is 4.65. The number of aromatic hydroxyl groups is 1. The Morgan fingerprint density at radius 2 is 1.41 bits per heavy atom. The molecule has 0 aliphatic heterocycles. The largest absolute Gasteiger partial charge is 0.507 e. The van der Waals surface area contributed by atoms with Crippen LogP contribution >= 0.6 is 0 Å². The molecule has 0 atom stereocenters. The second-order valence-corrected chi connectivity index (χ2v) is 9.19. The van der Waals surface area contributed by atoms with Crippen molar-refractivity contribution in [2.45, 2.75) is 71.8 Å². The first kappa shape index (κ1) is 21.0. The number of phenols is 1. The number of carbonyl (C=O) groups is 1. The highest BCUT2D eigenvalue weighted by Crippen LogP contribution is 2.39. The van der Waals surface area contributed by atoms with E-state index in [4.69, 9.17) is 4.74 Å². The summed E-state index contributed by atoms with van der Waals surface area (Å²) in [4.78, 5) is 12.1. The quantitative estimate of drug-likeness (QED) is 0.692. The first-order chi connectivity index (χ1) is 12.5. The fourth-order valence-corrected chi connectivity index (χ4v) is 3.04. The van der Waals surface area contributed by atoms with E-state index in [1.807, 2.05) is 42.5 Å². The Labute approximate surface area is 163 Å². The zero-order chi connectivity index (χ0) is 20.2. The standard InChI is InChI=1S/C24H32O3/c1-23(2,3)19-14-18(15-20(22(19)26)24(4,5)6)12-13-21(25)27-16-17-10-8-7-9-11-17/h7-11,14-15,26H,12-13,16H2,1-6H3. The van der Waals surface area contributed by atoms with Gasteiger partial charge in [-0.1, -0.05) is 84.0 Å². The topological polar surface area (TPSA) is 46.5 Å². The van der Waals surface area contributed by atoms with Crippen molar-refractivity contribution in [3.8, 4) is 5.75 Å². The number of aryl methyl sites for hydroxylation is 1. The molecule has 0 aliphatic rings. The molecule has 0 unspecified atom stereocenters. The van der Waals surface area contributed by atoms with Crippen LogP contribution in [-0.2, 0) is 33.4 Å². The van der Waals surface area contributed by atoms with Crippen LogP contribution in [0.5, 0.6) is 5.75 Å². The first-order valence-corrected chi connectivity index (χ1v) is 9.55. The maximum atomic E-state index is 12.1. The number of phenolic OH excluding ortho intramolecular Hbond substituents is 1. The van der Waals surface area contributed by atoms with Gasteiger partial charge in [-0.15, -0.1) is 0 Å². The summed E-state index contributed by atoms with van der Waals surface area (Å²) in [5, 5.41) is 10.8. The smallest absolute Gasteiger partial charge is 0.306 e. The number of ether oxygens (including phenoxy) is 1. The molecule has 0 aromatic heterocycles. The molecule has 3 nitrogen and oxygen atoms in total. The van der Waals surface area contributed by atoms with Crippen molar-refractivity contribution in [2.24, 2.45) is 0 Å². The van der Waals surface area contributed by atoms with Crippen LogP contribution in [0.25, 0.3) is 0 Å². The lowest BCUT2D eigenvalue weighted by atomic mass is 9.78. The van der Waals surface area contributed by atoms with Gasteiger partial charge >= 0.3 is 5.97 Å². The van der Waals surface area contributed by atoms with Crippen LogP contribution in [0.1, 0.15) is 70.2 Å². The van der Waals surface area contributed by atoms with Crippen LogP contribution in [-0.4, -0.2) is 11.1 Å². The Balaban J connectivity index is 2.12. The van der Waals surface area contributed by atoms with Gasteiger partial charge in [0.05, 0.1) is 0 Å². The molecule has 0 radical (unpaired) electrons. The molecule has 146 valence electrons. The van der Waals surface area contributed by atoms with E-state index >= 15 is 0 Å². The van der Waals surface area contributed by atoms with Crippen molar-refractivity contribution >= 4 is 5.97 Å². The van der Waals surface area contributed by atoms with Crippen molar-refractivity contribution in [2.75, 3.05) is 0 Å². The summed E-state index contributed by atoms with van der Waals surface area (Å²) in [5.74, 6) is 0.159. The molecule has 0 fully saturated rings. The summed E-state index contributed by atoms with van der Waals surface area (Å²) in [5.41, 5.74) is 3.53. The number of benzene rings is 2. The highest BCUT2D eigenvalue weighted by Gasteiger charge is 2.26. The van der Waals surface area contributed by atoms with Crippen LogP contribution < -0.4 is 0 Å². The van der Waals surface area contributed by atoms with Gasteiger partial charge in [-0.3, -0.25) is 4.79 Å². The van der Waals surface area contributed by atoms with E-state index in [9.17, 15) is 9.90 Å². The van der Waals surface area contributed by atoms with Crippen LogP contribution in [0.3, 0.4) is 0 Å². The molecule has 1 N–H and O–H groups in total. The van der Waals surface area contributed by atoms with Crippen molar-refractivity contribution in [3.63, 3.8) is 0 Å². The molecule has 0 spiro atoms. The molecule has 0 aliphatic carbocycles. The molecule has 27 heavy (non-hydrogen) atoms. The van der Waals surface area contributed by atoms with Gasteiger partial charge in [0.2, 0.25) is 0 Å². The second-order valence-electron chi connectivity index (χ2n) is 9.19. The summed E-state index contributed by atoms with van der Waals surface area (Å²) >= 11 is 0. The van der Waals surface area contributed by atoms with E-state index in [0.717, 1.165) is 22.3 Å². The number of carbonyl (C=O) groups excluding carboxylic acids is 1. The SMILES string of the molecule is CC(C)(C)c1cc(CCC(=O)OCc2ccccc2)cc(C(C)(C)C)c1O. The Hall–Kier alpha value is -2.29. The third-order valence-electron chi connectivity index (χ3n) is 4.65. The molecule has 0 bridgehead atoms. The van der Waals surface area contributed by atoms with E-state index in [0.29, 0.717) is 25.2 Å². The highest BCUT2D eigenvalue weighted by atomic mass is 16.5. The lowest BCUT2D eigenvalue weighted by Gasteiger charge is -2.28. The van der Waals surface area contributed by atoms with Crippen LogP contribution in [0.4, 0.5) is 0 Å². The van der Waals surface area contributed by atoms with Gasteiger partial charge in [0, 0.05) is 6.42 Å². The van der Waals surface area contributed by atoms with E-state index in [1.165, 1.54) is 0 Å². The number of hydrogen-bond donors (Lipinski definition) is 1. The van der Waals surface area contributed by atoms with Crippen LogP contribution in [0.2, 0.25) is 0 Å². The molecular weight excluding hydrogens is 336 g/mol. The number of hydrogen-bond acceptors (Lipinski definition) is 3. The molecule has 0 amide bonds. The van der Waals surface area contributed by atoms with Crippen molar-refractivity contribution in [1.29, 1.82) is 0 Å². The zero-order valence-electron chi connectivity index (χ0n) is 17.4. The minimum absolute atomic E-state index is 0.173. The molecule has 2 aromatic rings. The van der Waals surface area contributed by atoms with E-state index in [2.05, 4.69) is 41.5 Å². The molecule has 0 saturated heterocycles. The predicted octanol–water partition coefficient (Wildman–Crippen LogP) is 5.66. The third kappa shape index (κ3) is 5.85. The molecule has 0 saturated carbocycles. The lowest BCUT2D eigenvalue weighted by molar-refractivity contribution is -0.144. The molecule has 2 aromatic carbocycles. The minimum atomic E-state index is -0.207. The lowest BCUT2D eigenvalue weighted by Crippen LogP contribution is -2.18.